The van der Waals surface area contributed by atoms with E-state index in [4.69, 9.17) is 0 Å². The highest BCUT2D eigenvalue weighted by Gasteiger charge is 2.19. The zero-order valence-corrected chi connectivity index (χ0v) is 15.4. The number of hydrogen-bond acceptors (Lipinski definition) is 3. The maximum atomic E-state index is 13.3. The Kier molecular flexibility index (Phi) is 4.72. The number of fused-ring (bicyclic) bond motifs is 1. The molecule has 1 N–H and O–H groups in total. The molecule has 0 bridgehead atoms. The molecular formula is C23H19N3O2. The van der Waals surface area contributed by atoms with Gasteiger partial charge in [-0.05, 0) is 42.8 Å². The minimum Gasteiger partial charge on any atom is -0.322 e. The predicted octanol–water partition coefficient (Wildman–Crippen LogP) is 4.08. The van der Waals surface area contributed by atoms with E-state index in [1.165, 1.54) is 0 Å². The summed E-state index contributed by atoms with van der Waals surface area (Å²) in [5, 5.41) is 0.915. The van der Waals surface area contributed by atoms with Gasteiger partial charge in [0, 0.05) is 35.1 Å². The smallest absolute Gasteiger partial charge is 0.260 e. The van der Waals surface area contributed by atoms with Crippen LogP contribution in [0.1, 0.15) is 21.5 Å². The van der Waals surface area contributed by atoms with Crippen molar-refractivity contribution in [2.45, 2.75) is 13.5 Å². The summed E-state index contributed by atoms with van der Waals surface area (Å²) >= 11 is 0. The van der Waals surface area contributed by atoms with Crippen molar-refractivity contribution in [1.29, 1.82) is 0 Å². The average Bonchev–Trinajstić information content (AvgIpc) is 2.72. The molecule has 5 heteroatoms. The summed E-state index contributed by atoms with van der Waals surface area (Å²) < 4.78 is 0. The van der Waals surface area contributed by atoms with Crippen LogP contribution in [0.3, 0.4) is 0 Å². The Bertz CT molecular complexity index is 1180. The van der Waals surface area contributed by atoms with Gasteiger partial charge in [-0.15, -0.1) is 0 Å². The third kappa shape index (κ3) is 3.55. The molecule has 0 spiro atoms. The Hall–Kier alpha value is -3.73. The van der Waals surface area contributed by atoms with E-state index in [0.29, 0.717) is 5.56 Å². The van der Waals surface area contributed by atoms with Crippen LogP contribution < -0.4 is 10.5 Å². The van der Waals surface area contributed by atoms with Crippen molar-refractivity contribution in [3.05, 3.63) is 106 Å². The number of para-hydroxylation sites is 1. The molecular weight excluding hydrogens is 350 g/mol. The molecule has 0 atom stereocenters. The van der Waals surface area contributed by atoms with Crippen LogP contribution in [0.15, 0.2) is 83.9 Å². The van der Waals surface area contributed by atoms with Crippen molar-refractivity contribution in [2.24, 2.45) is 0 Å². The third-order valence-corrected chi connectivity index (χ3v) is 4.66. The van der Waals surface area contributed by atoms with Crippen LogP contribution in [-0.4, -0.2) is 15.9 Å². The summed E-state index contributed by atoms with van der Waals surface area (Å²) in [5.74, 6) is -0.165. The highest BCUT2D eigenvalue weighted by Crippen LogP contribution is 2.23. The van der Waals surface area contributed by atoms with E-state index in [1.54, 1.807) is 35.5 Å². The van der Waals surface area contributed by atoms with Crippen LogP contribution in [0, 0.1) is 6.92 Å². The van der Waals surface area contributed by atoms with Crippen molar-refractivity contribution in [3.63, 3.8) is 0 Å². The van der Waals surface area contributed by atoms with Gasteiger partial charge in [-0.2, -0.15) is 0 Å². The molecule has 138 valence electrons. The third-order valence-electron chi connectivity index (χ3n) is 4.66. The Balaban J connectivity index is 1.82. The number of carbonyl (C=O) groups excluding carboxylic acids is 1. The topological polar surface area (TPSA) is 66.1 Å². The molecule has 0 aliphatic heterocycles. The summed E-state index contributed by atoms with van der Waals surface area (Å²) in [6.07, 6.45) is 3.19. The number of nitrogens with zero attached hydrogens (tertiary/aromatic N) is 2. The number of H-pyrrole nitrogens is 1. The number of hydrogen-bond donors (Lipinski definition) is 1. The van der Waals surface area contributed by atoms with Crippen molar-refractivity contribution < 1.29 is 4.79 Å². The molecule has 1 amide bonds. The summed E-state index contributed by atoms with van der Waals surface area (Å²) in [6.45, 7) is 2.28. The first-order chi connectivity index (χ1) is 13.6. The number of rotatable bonds is 4. The summed E-state index contributed by atoms with van der Waals surface area (Å²) in [4.78, 5) is 34.0. The van der Waals surface area contributed by atoms with Crippen molar-refractivity contribution in [3.8, 4) is 0 Å². The molecule has 0 radical (unpaired) electrons. The second kappa shape index (κ2) is 7.48. The molecule has 2 heterocycles. The lowest BCUT2D eigenvalue weighted by molar-refractivity contribution is 0.0985. The van der Waals surface area contributed by atoms with Crippen molar-refractivity contribution in [1.82, 2.24) is 9.97 Å². The molecule has 2 aromatic heterocycles. The Morgan fingerprint density at radius 2 is 1.82 bits per heavy atom. The van der Waals surface area contributed by atoms with E-state index in [2.05, 4.69) is 9.97 Å². The number of aryl methyl sites for hydroxylation is 1. The number of pyridine rings is 2. The van der Waals surface area contributed by atoms with Crippen LogP contribution >= 0.6 is 0 Å². The molecule has 2 aromatic carbocycles. The number of benzene rings is 2. The highest BCUT2D eigenvalue weighted by molar-refractivity contribution is 6.06. The van der Waals surface area contributed by atoms with Gasteiger partial charge in [0.2, 0.25) is 5.56 Å². The van der Waals surface area contributed by atoms with Crippen LogP contribution in [0.4, 0.5) is 5.69 Å². The number of aromatic nitrogens is 2. The van der Waals surface area contributed by atoms with Crippen LogP contribution in [0.2, 0.25) is 0 Å². The van der Waals surface area contributed by atoms with E-state index in [9.17, 15) is 9.59 Å². The van der Waals surface area contributed by atoms with E-state index in [0.717, 1.165) is 27.7 Å². The van der Waals surface area contributed by atoms with E-state index >= 15 is 0 Å². The number of aromatic amines is 1. The van der Waals surface area contributed by atoms with E-state index < -0.39 is 0 Å². The first kappa shape index (κ1) is 17.7. The predicted molar refractivity (Wildman–Crippen MR) is 110 cm³/mol. The molecule has 4 rings (SSSR count). The van der Waals surface area contributed by atoms with Crippen LogP contribution in [-0.2, 0) is 6.54 Å². The average molecular weight is 369 g/mol. The Morgan fingerprint density at radius 1 is 1.04 bits per heavy atom. The van der Waals surface area contributed by atoms with Gasteiger partial charge in [0.15, 0.2) is 0 Å². The molecule has 5 nitrogen and oxygen atoms in total. The molecule has 0 unspecified atom stereocenters. The maximum absolute atomic E-state index is 13.3. The molecule has 0 saturated carbocycles. The van der Waals surface area contributed by atoms with Crippen molar-refractivity contribution in [2.75, 3.05) is 4.90 Å². The summed E-state index contributed by atoms with van der Waals surface area (Å²) in [6, 6.07) is 20.4. The fourth-order valence-electron chi connectivity index (χ4n) is 3.23. The van der Waals surface area contributed by atoms with Gasteiger partial charge >= 0.3 is 0 Å². The van der Waals surface area contributed by atoms with Crippen LogP contribution in [0.5, 0.6) is 0 Å². The number of nitrogens with one attached hydrogen (secondary N) is 1. The fourth-order valence-corrected chi connectivity index (χ4v) is 3.23. The van der Waals surface area contributed by atoms with Gasteiger partial charge in [-0.25, -0.2) is 0 Å². The maximum Gasteiger partial charge on any atom is 0.260 e. The van der Waals surface area contributed by atoms with Gasteiger partial charge in [0.05, 0.1) is 12.1 Å². The lowest BCUT2D eigenvalue weighted by atomic mass is 10.1. The zero-order chi connectivity index (χ0) is 19.5. The molecule has 4 aromatic rings. The van der Waals surface area contributed by atoms with Gasteiger partial charge in [-0.3, -0.25) is 14.6 Å². The fraction of sp³-hybridized carbons (Fsp3) is 0.0870. The standard InChI is InChI=1S/C23H19N3O2/c1-16-8-10-19(11-9-16)26(23(28)17-5-4-12-24-14-17)15-18-13-22(27)25-21-7-3-2-6-20(18)21/h2-14H,15H2,1H3,(H,25,27). The molecule has 0 fully saturated rings. The number of amides is 1. The second-order valence-electron chi connectivity index (χ2n) is 6.67. The van der Waals surface area contributed by atoms with E-state index in [-0.39, 0.29) is 18.0 Å². The van der Waals surface area contributed by atoms with Crippen LogP contribution in [0.25, 0.3) is 10.9 Å². The summed E-state index contributed by atoms with van der Waals surface area (Å²) in [7, 11) is 0. The minimum atomic E-state index is -0.189. The molecule has 28 heavy (non-hydrogen) atoms. The molecule has 0 aliphatic rings. The highest BCUT2D eigenvalue weighted by atomic mass is 16.2. The quantitative estimate of drug-likeness (QED) is 0.589. The van der Waals surface area contributed by atoms with E-state index in [1.807, 2.05) is 55.5 Å². The first-order valence-corrected chi connectivity index (χ1v) is 9.01. The minimum absolute atomic E-state index is 0.165. The largest absolute Gasteiger partial charge is 0.322 e. The van der Waals surface area contributed by atoms with Gasteiger partial charge < -0.3 is 9.88 Å². The lowest BCUT2D eigenvalue weighted by Crippen LogP contribution is -2.31. The molecule has 0 aliphatic carbocycles. The molecule has 0 saturated heterocycles. The Morgan fingerprint density at radius 3 is 2.57 bits per heavy atom. The first-order valence-electron chi connectivity index (χ1n) is 9.01. The summed E-state index contributed by atoms with van der Waals surface area (Å²) in [5.41, 5.74) is 3.73. The van der Waals surface area contributed by atoms with Gasteiger partial charge in [0.1, 0.15) is 0 Å². The zero-order valence-electron chi connectivity index (χ0n) is 15.4. The number of carbonyl (C=O) groups is 1. The SMILES string of the molecule is Cc1ccc(N(Cc2cc(=O)[nH]c3ccccc23)C(=O)c2cccnc2)cc1. The number of anilines is 1. The normalized spacial score (nSPS) is 10.8. The lowest BCUT2D eigenvalue weighted by Gasteiger charge is -2.24. The monoisotopic (exact) mass is 369 g/mol. The Labute approximate surface area is 162 Å². The second-order valence-corrected chi connectivity index (χ2v) is 6.67. The van der Waals surface area contributed by atoms with Gasteiger partial charge in [0.25, 0.3) is 5.91 Å². The van der Waals surface area contributed by atoms with Gasteiger partial charge in [-0.1, -0.05) is 35.9 Å². The van der Waals surface area contributed by atoms with Crippen molar-refractivity contribution >= 4 is 22.5 Å².